The summed E-state index contributed by atoms with van der Waals surface area (Å²) < 4.78 is 34.2. The van der Waals surface area contributed by atoms with Crippen molar-refractivity contribution in [2.24, 2.45) is 5.10 Å². The fraction of sp³-hybridized carbons (Fsp3) is 0.138. The molecule has 9 nitrogen and oxygen atoms in total. The minimum absolute atomic E-state index is 0.0354. The Bertz CT molecular complexity index is 1630. The van der Waals surface area contributed by atoms with Crippen molar-refractivity contribution in [2.75, 3.05) is 5.32 Å². The Balaban J connectivity index is 1.44. The number of hydrogen-bond acceptors (Lipinski definition) is 6. The number of hydrazone groups is 1. The Labute approximate surface area is 237 Å². The molecule has 0 fully saturated rings. The predicted octanol–water partition coefficient (Wildman–Crippen LogP) is 5.03. The number of halogens is 1. The van der Waals surface area contributed by atoms with E-state index in [-0.39, 0.29) is 23.7 Å². The molecule has 40 heavy (non-hydrogen) atoms. The van der Waals surface area contributed by atoms with Crippen LogP contribution in [0.4, 0.5) is 5.69 Å². The van der Waals surface area contributed by atoms with Gasteiger partial charge in [0, 0.05) is 17.3 Å². The number of rotatable bonds is 9. The summed E-state index contributed by atoms with van der Waals surface area (Å²) in [5.41, 5.74) is 5.34. The van der Waals surface area contributed by atoms with Crippen molar-refractivity contribution in [3.8, 4) is 0 Å². The zero-order valence-corrected chi connectivity index (χ0v) is 23.4. The van der Waals surface area contributed by atoms with Gasteiger partial charge in [-0.05, 0) is 61.9 Å². The van der Waals surface area contributed by atoms with Gasteiger partial charge in [0.1, 0.15) is 11.5 Å². The highest BCUT2D eigenvalue weighted by Crippen LogP contribution is 2.23. The summed E-state index contributed by atoms with van der Waals surface area (Å²) >= 11 is 5.88. The van der Waals surface area contributed by atoms with Gasteiger partial charge in [0.05, 0.1) is 17.7 Å². The third-order valence-corrected chi connectivity index (χ3v) is 7.84. The van der Waals surface area contributed by atoms with E-state index in [1.165, 1.54) is 16.6 Å². The molecule has 0 spiro atoms. The molecule has 4 rings (SSSR count). The molecule has 2 N–H and O–H groups in total. The second-order valence-corrected chi connectivity index (χ2v) is 11.4. The monoisotopic (exact) mass is 578 g/mol. The Kier molecular flexibility index (Phi) is 9.15. The molecule has 2 amide bonds. The Morgan fingerprint density at radius 1 is 0.900 bits per heavy atom. The van der Waals surface area contributed by atoms with E-state index >= 15 is 0 Å². The first kappa shape index (κ1) is 28.8. The van der Waals surface area contributed by atoms with Gasteiger partial charge in [-0.15, -0.1) is 0 Å². The van der Waals surface area contributed by atoms with E-state index in [4.69, 9.17) is 16.0 Å². The molecule has 1 heterocycles. The van der Waals surface area contributed by atoms with E-state index in [0.29, 0.717) is 16.5 Å². The number of benzene rings is 3. The smallest absolute Gasteiger partial charge is 0.329 e. The Morgan fingerprint density at radius 2 is 1.57 bits per heavy atom. The summed E-state index contributed by atoms with van der Waals surface area (Å²) in [5, 5.41) is 6.58. The van der Waals surface area contributed by atoms with Crippen LogP contribution < -0.4 is 10.7 Å². The molecule has 0 aliphatic heterocycles. The average Bonchev–Trinajstić information content (AvgIpc) is 3.37. The first-order valence-corrected chi connectivity index (χ1v) is 14.0. The van der Waals surface area contributed by atoms with Crippen LogP contribution in [-0.4, -0.2) is 30.8 Å². The fourth-order valence-electron chi connectivity index (χ4n) is 3.66. The van der Waals surface area contributed by atoms with Gasteiger partial charge in [0.15, 0.2) is 0 Å². The van der Waals surface area contributed by atoms with Gasteiger partial charge in [0.25, 0.3) is 0 Å². The number of anilines is 1. The van der Waals surface area contributed by atoms with E-state index in [1.807, 2.05) is 38.1 Å². The number of carbonyl (C=O) groups excluding carboxylic acids is 2. The van der Waals surface area contributed by atoms with Gasteiger partial charge in [-0.2, -0.15) is 9.41 Å². The van der Waals surface area contributed by atoms with Crippen LogP contribution in [0.2, 0.25) is 5.02 Å². The number of nitrogens with one attached hydrogen (secondary N) is 2. The molecule has 4 aromatic rings. The molecule has 0 aliphatic carbocycles. The number of aryl methyl sites for hydroxylation is 2. The van der Waals surface area contributed by atoms with Gasteiger partial charge >= 0.3 is 11.8 Å². The van der Waals surface area contributed by atoms with Crippen LogP contribution in [0.25, 0.3) is 0 Å². The predicted molar refractivity (Wildman–Crippen MR) is 153 cm³/mol. The zero-order valence-electron chi connectivity index (χ0n) is 21.8. The molecule has 1 aromatic heterocycles. The highest BCUT2D eigenvalue weighted by Gasteiger charge is 2.26. The normalized spacial score (nSPS) is 11.6. The molecule has 0 unspecified atom stereocenters. The van der Waals surface area contributed by atoms with Crippen molar-refractivity contribution >= 4 is 45.3 Å². The van der Waals surface area contributed by atoms with Crippen LogP contribution in [-0.2, 0) is 32.7 Å². The standard InChI is InChI=1S/C29H27ClN4O5S/c1-20-6-10-22(11-7-20)18-34(40(37,38)27-14-8-21(2)9-15-27)19-26-13-12-25(39-26)17-31-33-29(36)28(35)32-24-5-3-4-23(30)16-24/h3-17H,18-19H2,1-2H3,(H,32,35)(H,33,36)/b31-17+. The average molecular weight is 579 g/mol. The molecule has 0 saturated carbocycles. The molecule has 206 valence electrons. The van der Waals surface area contributed by atoms with Gasteiger partial charge < -0.3 is 9.73 Å². The molecule has 0 bridgehead atoms. The van der Waals surface area contributed by atoms with Crippen LogP contribution in [0.5, 0.6) is 0 Å². The number of furan rings is 1. The fourth-order valence-corrected chi connectivity index (χ4v) is 5.25. The second kappa shape index (κ2) is 12.7. The number of carbonyl (C=O) groups is 2. The van der Waals surface area contributed by atoms with Gasteiger partial charge in [0.2, 0.25) is 10.0 Å². The SMILES string of the molecule is Cc1ccc(CN(Cc2ccc(/C=N/NC(=O)C(=O)Nc3cccc(Cl)c3)o2)S(=O)(=O)c2ccc(C)cc2)cc1. The number of sulfonamides is 1. The van der Waals surface area contributed by atoms with Crippen LogP contribution in [0.1, 0.15) is 28.2 Å². The summed E-state index contributed by atoms with van der Waals surface area (Å²) in [6, 6.07) is 23.9. The lowest BCUT2D eigenvalue weighted by Crippen LogP contribution is -2.32. The third-order valence-electron chi connectivity index (χ3n) is 5.80. The summed E-state index contributed by atoms with van der Waals surface area (Å²) in [5.74, 6) is -1.29. The quantitative estimate of drug-likeness (QED) is 0.164. The maximum Gasteiger partial charge on any atom is 0.329 e. The zero-order chi connectivity index (χ0) is 28.7. The molecule has 3 aromatic carbocycles. The minimum Gasteiger partial charge on any atom is -0.459 e. The minimum atomic E-state index is -3.85. The molecule has 0 atom stereocenters. The van der Waals surface area contributed by atoms with E-state index < -0.39 is 21.8 Å². The van der Waals surface area contributed by atoms with Crippen LogP contribution in [0, 0.1) is 13.8 Å². The first-order valence-electron chi connectivity index (χ1n) is 12.2. The van der Waals surface area contributed by atoms with Gasteiger partial charge in [-0.25, -0.2) is 13.8 Å². The van der Waals surface area contributed by atoms with Crippen molar-refractivity contribution in [2.45, 2.75) is 31.8 Å². The molecule has 0 radical (unpaired) electrons. The first-order chi connectivity index (χ1) is 19.1. The van der Waals surface area contributed by atoms with Crippen molar-refractivity contribution in [3.05, 3.63) is 118 Å². The number of amides is 2. The lowest BCUT2D eigenvalue weighted by atomic mass is 10.1. The molecular formula is C29H27ClN4O5S. The number of hydrogen-bond donors (Lipinski definition) is 2. The molecular weight excluding hydrogens is 552 g/mol. The van der Waals surface area contributed by atoms with Crippen LogP contribution in [0.15, 0.2) is 99.3 Å². The van der Waals surface area contributed by atoms with E-state index in [2.05, 4.69) is 15.8 Å². The second-order valence-electron chi connectivity index (χ2n) is 9.04. The Hall–Kier alpha value is -4.25. The van der Waals surface area contributed by atoms with E-state index in [9.17, 15) is 18.0 Å². The van der Waals surface area contributed by atoms with Crippen molar-refractivity contribution < 1.29 is 22.4 Å². The van der Waals surface area contributed by atoms with Gasteiger partial charge in [-0.1, -0.05) is 65.2 Å². The Morgan fingerprint density at radius 3 is 2.25 bits per heavy atom. The van der Waals surface area contributed by atoms with E-state index in [1.54, 1.807) is 54.6 Å². The van der Waals surface area contributed by atoms with Crippen LogP contribution in [0.3, 0.4) is 0 Å². The van der Waals surface area contributed by atoms with Crippen molar-refractivity contribution in [3.63, 3.8) is 0 Å². The van der Waals surface area contributed by atoms with Crippen molar-refractivity contribution in [1.82, 2.24) is 9.73 Å². The number of nitrogens with zero attached hydrogens (tertiary/aromatic N) is 2. The lowest BCUT2D eigenvalue weighted by Gasteiger charge is -2.21. The highest BCUT2D eigenvalue weighted by molar-refractivity contribution is 7.89. The summed E-state index contributed by atoms with van der Waals surface area (Å²) in [6.45, 7) is 3.95. The van der Waals surface area contributed by atoms with Crippen molar-refractivity contribution in [1.29, 1.82) is 0 Å². The maximum absolute atomic E-state index is 13.6. The summed E-state index contributed by atoms with van der Waals surface area (Å²) in [6.07, 6.45) is 1.22. The van der Waals surface area contributed by atoms with Gasteiger partial charge in [-0.3, -0.25) is 9.59 Å². The highest BCUT2D eigenvalue weighted by atomic mass is 35.5. The van der Waals surface area contributed by atoms with E-state index in [0.717, 1.165) is 16.7 Å². The molecule has 0 aliphatic rings. The largest absolute Gasteiger partial charge is 0.459 e. The topological polar surface area (TPSA) is 121 Å². The summed E-state index contributed by atoms with van der Waals surface area (Å²) in [7, 11) is -3.85. The molecule has 0 saturated heterocycles. The summed E-state index contributed by atoms with van der Waals surface area (Å²) in [4.78, 5) is 24.3. The third kappa shape index (κ3) is 7.66. The lowest BCUT2D eigenvalue weighted by molar-refractivity contribution is -0.136. The van der Waals surface area contributed by atoms with Crippen LogP contribution >= 0.6 is 11.6 Å². The molecule has 11 heteroatoms. The maximum atomic E-state index is 13.6.